The number of amidine groups is 1. The van der Waals surface area contributed by atoms with Crippen molar-refractivity contribution in [3.05, 3.63) is 107 Å². The predicted octanol–water partition coefficient (Wildman–Crippen LogP) is 7.98. The van der Waals surface area contributed by atoms with E-state index in [1.165, 1.54) is 21.3 Å². The summed E-state index contributed by atoms with van der Waals surface area (Å²) in [5.74, 6) is 0.852. The van der Waals surface area contributed by atoms with Gasteiger partial charge < -0.3 is 5.48 Å². The second-order valence-corrected chi connectivity index (χ2v) is 16.9. The molecule has 234 valence electrons. The Kier molecular flexibility index (Phi) is 23.4. The predicted molar refractivity (Wildman–Crippen MR) is 193 cm³/mol. The fraction of sp³-hybridized carbons (Fsp3) is 0.343. The van der Waals surface area contributed by atoms with Gasteiger partial charge in [-0.15, -0.1) is 0 Å². The van der Waals surface area contributed by atoms with Gasteiger partial charge in [0.2, 0.25) is 0 Å². The zero-order valence-electron chi connectivity index (χ0n) is 27.6. The van der Waals surface area contributed by atoms with Crippen molar-refractivity contribution in [2.75, 3.05) is 3.08 Å². The molecule has 5 nitrogen and oxygen atoms in total. The first-order valence-electron chi connectivity index (χ1n) is 14.5. The Balaban J connectivity index is 0. The molecule has 0 radical (unpaired) electrons. The number of nitrogens with zero attached hydrogens (tertiary/aromatic N) is 1. The maximum atomic E-state index is 9.64. The van der Waals surface area contributed by atoms with Crippen LogP contribution in [0.3, 0.4) is 0 Å². The van der Waals surface area contributed by atoms with Crippen molar-refractivity contribution in [1.82, 2.24) is 0 Å². The van der Waals surface area contributed by atoms with Crippen molar-refractivity contribution in [2.24, 2.45) is 16.6 Å². The number of rotatable bonds is 11. The first-order chi connectivity index (χ1) is 19.9. The maximum Gasteiger partial charge on any atom is -0.0590 e. The average molecular weight is 815 g/mol. The number of hydrogen-bond donors (Lipinski definition) is 3. The minimum atomic E-state index is -1.82. The van der Waals surface area contributed by atoms with E-state index in [-0.39, 0.29) is 12.1 Å². The number of aliphatic hydroxyl groups excluding tert-OH is 1. The van der Waals surface area contributed by atoms with Gasteiger partial charge in [0.25, 0.3) is 0 Å². The number of aryl methyl sites for hydroxylation is 1. The second-order valence-electron chi connectivity index (χ2n) is 10.2. The van der Waals surface area contributed by atoms with Crippen molar-refractivity contribution >= 4 is 46.3 Å². The van der Waals surface area contributed by atoms with Gasteiger partial charge in [0.05, 0.1) is 0 Å². The molecule has 0 spiro atoms. The van der Waals surface area contributed by atoms with Crippen molar-refractivity contribution in [3.63, 3.8) is 0 Å². The number of halogens is 1. The summed E-state index contributed by atoms with van der Waals surface area (Å²) in [6, 6.07) is 10.4. The van der Waals surface area contributed by atoms with Gasteiger partial charge in [0, 0.05) is 0 Å². The van der Waals surface area contributed by atoms with Crippen LogP contribution >= 0.6 is 20.8 Å². The minimum Gasteiger partial charge on any atom is -0.412 e. The Morgan fingerprint density at radius 2 is 1.79 bits per heavy atom. The molecule has 2 atom stereocenters. The summed E-state index contributed by atoms with van der Waals surface area (Å²) in [6.07, 6.45) is 7.59. The van der Waals surface area contributed by atoms with Crippen LogP contribution < -0.4 is 17.2 Å². The van der Waals surface area contributed by atoms with E-state index in [2.05, 4.69) is 102 Å². The number of aliphatic hydroxyl groups is 1. The average Bonchev–Trinajstić information content (AvgIpc) is 2.96. The van der Waals surface area contributed by atoms with Crippen LogP contribution in [0.4, 0.5) is 5.69 Å². The monoisotopic (exact) mass is 815 g/mol. The Morgan fingerprint density at radius 3 is 2.26 bits per heavy atom. The first kappa shape index (κ1) is 43.1. The molecule has 0 amide bonds. The topological polar surface area (TPSA) is 102 Å². The molecule has 2 unspecified atom stereocenters. The molecule has 6 N–H and O–H groups in total. The SMILES string of the molecule is C=CC(=C)C.C=CN=C(N)C(/C(=C\C)c1cccc([NH][Hg][c]2cc(C)cc(CO)c2Cl)c1P)=C(\C)C(C)CC.CCC.O. The largest absolute Gasteiger partial charge is 0.412 e. The van der Waals surface area contributed by atoms with E-state index in [9.17, 15) is 5.11 Å². The number of nitrogens with one attached hydrogen (secondary N) is 1. The molecule has 0 aromatic heterocycles. The third kappa shape index (κ3) is 14.1. The van der Waals surface area contributed by atoms with E-state index >= 15 is 0 Å². The number of benzene rings is 2. The van der Waals surface area contributed by atoms with Crippen LogP contribution in [-0.4, -0.2) is 16.4 Å². The molecule has 0 aliphatic carbocycles. The number of aliphatic imine (C=N–C) groups is 1. The standard InChI is InChI=1S/C19H27N3P.C8H8ClO.C5H8.C3H8.Hg.H2O/c1-6-12(4)13(5)17(19(21)22-8-3)14(7-2)15-10-9-11-16(20)18(15)23;1-6-2-3-8(9)7(4-6)5-10;1-4-5(2)3;1-3-2;;/h7-12,20H,3,6,23H2,1-2,4-5H3,(H2,21,22);2,4,10H,5H2,1H3;4H,1-2H2,3H3;3H2,1-2H3;;1H2/q-1;;;;+1;/b14-7-,17-13+;;;;;. The van der Waals surface area contributed by atoms with E-state index in [4.69, 9.17) is 17.3 Å². The van der Waals surface area contributed by atoms with Gasteiger partial charge in [-0.25, -0.2) is 0 Å². The van der Waals surface area contributed by atoms with Crippen molar-refractivity contribution in [2.45, 2.75) is 74.8 Å². The van der Waals surface area contributed by atoms with Crippen LogP contribution in [0.15, 0.2) is 90.1 Å². The normalized spacial score (nSPS) is 12.1. The molecule has 2 rings (SSSR count). The van der Waals surface area contributed by atoms with Gasteiger partial charge in [-0.3, -0.25) is 0 Å². The molecule has 0 saturated carbocycles. The molecular formula is C35H53ClHgN3O2P. The Morgan fingerprint density at radius 1 is 1.21 bits per heavy atom. The van der Waals surface area contributed by atoms with Crippen molar-refractivity contribution in [1.29, 1.82) is 0 Å². The zero-order chi connectivity index (χ0) is 32.4. The van der Waals surface area contributed by atoms with Gasteiger partial charge in [-0.05, 0) is 6.92 Å². The van der Waals surface area contributed by atoms with Crippen LogP contribution in [0.25, 0.3) is 5.57 Å². The summed E-state index contributed by atoms with van der Waals surface area (Å²) in [7, 11) is 2.90. The van der Waals surface area contributed by atoms with Gasteiger partial charge in [0.1, 0.15) is 0 Å². The maximum absolute atomic E-state index is 9.64. The van der Waals surface area contributed by atoms with E-state index < -0.39 is 24.9 Å². The third-order valence-electron chi connectivity index (χ3n) is 6.54. The number of anilines is 1. The fourth-order valence-corrected chi connectivity index (χ4v) is 11.8. The smallest absolute Gasteiger partial charge is 0.0590 e. The number of hydrogen-bond acceptors (Lipinski definition) is 3. The van der Waals surface area contributed by atoms with E-state index in [0.717, 1.165) is 50.8 Å². The van der Waals surface area contributed by atoms with Crippen molar-refractivity contribution in [3.8, 4) is 0 Å². The minimum absolute atomic E-state index is 0. The van der Waals surface area contributed by atoms with Gasteiger partial charge in [-0.2, -0.15) is 0 Å². The zero-order valence-corrected chi connectivity index (χ0v) is 35.0. The summed E-state index contributed by atoms with van der Waals surface area (Å²) < 4.78 is 4.91. The molecule has 0 fully saturated rings. The number of nitrogens with two attached hydrogens (primary N) is 1. The molecule has 2 aromatic carbocycles. The molecule has 0 saturated heterocycles. The van der Waals surface area contributed by atoms with Gasteiger partial charge in [-0.1, -0.05) is 45.1 Å². The summed E-state index contributed by atoms with van der Waals surface area (Å²) in [5, 5.41) is 11.4. The molecular weight excluding hydrogens is 761 g/mol. The fourth-order valence-electron chi connectivity index (χ4n) is 4.02. The van der Waals surface area contributed by atoms with Crippen LogP contribution in [0.1, 0.15) is 78.0 Å². The molecule has 43 heavy (non-hydrogen) atoms. The van der Waals surface area contributed by atoms with E-state index in [0.29, 0.717) is 16.8 Å². The molecule has 0 aliphatic heterocycles. The van der Waals surface area contributed by atoms with Crippen LogP contribution in [0.5, 0.6) is 0 Å². The van der Waals surface area contributed by atoms with Gasteiger partial charge in [0.15, 0.2) is 0 Å². The second kappa shape index (κ2) is 23.4. The quantitative estimate of drug-likeness (QED) is 0.0706. The van der Waals surface area contributed by atoms with Gasteiger partial charge >= 0.3 is 226 Å². The van der Waals surface area contributed by atoms with Crippen LogP contribution in [0, 0.1) is 12.8 Å². The van der Waals surface area contributed by atoms with Crippen LogP contribution in [-0.2, 0) is 31.5 Å². The Bertz CT molecular complexity index is 1300. The molecule has 0 heterocycles. The van der Waals surface area contributed by atoms with E-state index in [1.807, 2.05) is 26.8 Å². The summed E-state index contributed by atoms with van der Waals surface area (Å²) in [6.45, 7) is 27.5. The molecule has 0 bridgehead atoms. The number of allylic oxidation sites excluding steroid dienone is 4. The first-order valence-corrected chi connectivity index (χ1v) is 20.9. The summed E-state index contributed by atoms with van der Waals surface area (Å²) in [4.78, 5) is 4.33. The molecule has 2 aromatic rings. The molecule has 8 heteroatoms. The Hall–Kier alpha value is -2.01. The van der Waals surface area contributed by atoms with Crippen LogP contribution in [0.2, 0.25) is 5.02 Å². The molecule has 0 aliphatic rings. The van der Waals surface area contributed by atoms with Crippen molar-refractivity contribution < 1.29 is 35.5 Å². The summed E-state index contributed by atoms with van der Waals surface area (Å²) >= 11 is 4.76. The Labute approximate surface area is 281 Å². The van der Waals surface area contributed by atoms with E-state index in [1.54, 1.807) is 6.08 Å². The summed E-state index contributed by atoms with van der Waals surface area (Å²) in [5.41, 5.74) is 14.8. The third-order valence-corrected chi connectivity index (χ3v) is 14.3.